The van der Waals surface area contributed by atoms with Gasteiger partial charge in [-0.05, 0) is 12.1 Å². The van der Waals surface area contributed by atoms with Gasteiger partial charge < -0.3 is 4.98 Å². The van der Waals surface area contributed by atoms with Crippen LogP contribution in [0.2, 0.25) is 0 Å². The van der Waals surface area contributed by atoms with Crippen molar-refractivity contribution in [1.29, 1.82) is 5.26 Å². The van der Waals surface area contributed by atoms with Gasteiger partial charge in [-0.15, -0.1) is 0 Å². The molecule has 3 aromatic rings. The lowest BCUT2D eigenvalue weighted by molar-refractivity contribution is 1.08. The Morgan fingerprint density at radius 1 is 1.25 bits per heavy atom. The Bertz CT molecular complexity index is 686. The summed E-state index contributed by atoms with van der Waals surface area (Å²) in [6, 6.07) is 9.54. The Morgan fingerprint density at radius 3 is 3.00 bits per heavy atom. The number of H-pyrrole nitrogens is 2. The number of imidazole rings is 1. The third-order valence-electron chi connectivity index (χ3n) is 2.42. The maximum Gasteiger partial charge on any atom is 0.162 e. The number of nitrogens with zero attached hydrogens (tertiary/aromatic N) is 3. The molecule has 0 unspecified atom stereocenters. The monoisotopic (exact) mass is 209 g/mol. The molecule has 0 radical (unpaired) electrons. The van der Waals surface area contributed by atoms with Crippen LogP contribution in [0.5, 0.6) is 0 Å². The normalized spacial score (nSPS) is 10.4. The summed E-state index contributed by atoms with van der Waals surface area (Å²) >= 11 is 0. The Labute approximate surface area is 90.8 Å². The number of aromatic nitrogens is 4. The van der Waals surface area contributed by atoms with Crippen LogP contribution in [0.25, 0.3) is 22.3 Å². The minimum atomic E-state index is 0.389. The maximum atomic E-state index is 8.69. The minimum absolute atomic E-state index is 0.389. The van der Waals surface area contributed by atoms with Crippen molar-refractivity contribution in [3.05, 3.63) is 36.3 Å². The molecular formula is C11H7N5. The highest BCUT2D eigenvalue weighted by molar-refractivity contribution is 5.80. The highest BCUT2D eigenvalue weighted by Gasteiger charge is 2.04. The van der Waals surface area contributed by atoms with Crippen LogP contribution in [0.3, 0.4) is 0 Å². The second-order valence-corrected chi connectivity index (χ2v) is 3.41. The first kappa shape index (κ1) is 8.68. The predicted molar refractivity (Wildman–Crippen MR) is 58.4 cm³/mol. The number of hydrogen-bond donors (Lipinski definition) is 2. The van der Waals surface area contributed by atoms with Gasteiger partial charge in [-0.25, -0.2) is 4.98 Å². The number of fused-ring (bicyclic) bond motifs is 1. The van der Waals surface area contributed by atoms with Crippen molar-refractivity contribution < 1.29 is 0 Å². The Kier molecular flexibility index (Phi) is 1.74. The zero-order valence-electron chi connectivity index (χ0n) is 8.23. The van der Waals surface area contributed by atoms with E-state index in [4.69, 9.17) is 5.26 Å². The fourth-order valence-electron chi connectivity index (χ4n) is 1.63. The van der Waals surface area contributed by atoms with Gasteiger partial charge in [-0.1, -0.05) is 6.07 Å². The van der Waals surface area contributed by atoms with Crippen LogP contribution in [0.1, 0.15) is 5.69 Å². The van der Waals surface area contributed by atoms with E-state index >= 15 is 0 Å². The number of nitriles is 1. The topological polar surface area (TPSA) is 81.1 Å². The van der Waals surface area contributed by atoms with Crippen molar-refractivity contribution in [1.82, 2.24) is 20.2 Å². The summed E-state index contributed by atoms with van der Waals surface area (Å²) in [7, 11) is 0. The zero-order chi connectivity index (χ0) is 11.0. The summed E-state index contributed by atoms with van der Waals surface area (Å²) in [4.78, 5) is 7.18. The van der Waals surface area contributed by atoms with Crippen molar-refractivity contribution >= 4 is 11.0 Å². The van der Waals surface area contributed by atoms with E-state index in [0.29, 0.717) is 5.69 Å². The molecule has 5 nitrogen and oxygen atoms in total. The van der Waals surface area contributed by atoms with E-state index in [1.807, 2.05) is 24.3 Å². The van der Waals surface area contributed by atoms with Gasteiger partial charge in [0.15, 0.2) is 5.69 Å². The molecule has 1 aromatic carbocycles. The van der Waals surface area contributed by atoms with E-state index in [-0.39, 0.29) is 0 Å². The van der Waals surface area contributed by atoms with E-state index in [1.54, 1.807) is 12.4 Å². The van der Waals surface area contributed by atoms with Crippen molar-refractivity contribution in [3.63, 3.8) is 0 Å². The third-order valence-corrected chi connectivity index (χ3v) is 2.42. The summed E-state index contributed by atoms with van der Waals surface area (Å²) in [5, 5.41) is 15.4. The molecule has 0 saturated carbocycles. The Morgan fingerprint density at radius 2 is 2.19 bits per heavy atom. The maximum absolute atomic E-state index is 8.69. The molecule has 0 atom stereocenters. The highest BCUT2D eigenvalue weighted by Crippen LogP contribution is 2.21. The number of benzene rings is 1. The molecule has 5 heteroatoms. The Hall–Kier alpha value is -2.61. The quantitative estimate of drug-likeness (QED) is 0.641. The van der Waals surface area contributed by atoms with Crippen LogP contribution >= 0.6 is 0 Å². The van der Waals surface area contributed by atoms with E-state index in [0.717, 1.165) is 22.3 Å². The minimum Gasteiger partial charge on any atom is -0.345 e. The lowest BCUT2D eigenvalue weighted by Gasteiger charge is -1.96. The smallest absolute Gasteiger partial charge is 0.162 e. The second kappa shape index (κ2) is 3.21. The number of hydrogen-bond acceptors (Lipinski definition) is 3. The predicted octanol–water partition coefficient (Wildman–Crippen LogP) is 1.82. The average molecular weight is 209 g/mol. The van der Waals surface area contributed by atoms with Gasteiger partial charge in [0.05, 0.1) is 23.1 Å². The zero-order valence-corrected chi connectivity index (χ0v) is 8.23. The number of aromatic amines is 2. The fourth-order valence-corrected chi connectivity index (χ4v) is 1.63. The molecule has 16 heavy (non-hydrogen) atoms. The van der Waals surface area contributed by atoms with Gasteiger partial charge >= 0.3 is 0 Å². The number of rotatable bonds is 1. The van der Waals surface area contributed by atoms with Gasteiger partial charge in [-0.2, -0.15) is 10.4 Å². The summed E-state index contributed by atoms with van der Waals surface area (Å²) in [6.07, 6.45) is 1.65. The van der Waals surface area contributed by atoms with Gasteiger partial charge in [-0.3, -0.25) is 5.10 Å². The first-order valence-corrected chi connectivity index (χ1v) is 4.76. The summed E-state index contributed by atoms with van der Waals surface area (Å²) < 4.78 is 0. The van der Waals surface area contributed by atoms with Crippen LogP contribution in [0.4, 0.5) is 0 Å². The molecular weight excluding hydrogens is 202 g/mol. The lowest BCUT2D eigenvalue weighted by Crippen LogP contribution is -1.78. The Balaban J connectivity index is 2.14. The SMILES string of the molecule is N#Cc1cc(-c2ccc3nc[nH]c3c2)[nH]n1. The van der Waals surface area contributed by atoms with Crippen molar-refractivity contribution in [3.8, 4) is 17.3 Å². The second-order valence-electron chi connectivity index (χ2n) is 3.41. The lowest BCUT2D eigenvalue weighted by atomic mass is 10.1. The van der Waals surface area contributed by atoms with Gasteiger partial charge in [0.2, 0.25) is 0 Å². The van der Waals surface area contributed by atoms with E-state index in [1.165, 1.54) is 0 Å². The van der Waals surface area contributed by atoms with Crippen molar-refractivity contribution in [2.45, 2.75) is 0 Å². The van der Waals surface area contributed by atoms with Crippen LogP contribution in [-0.2, 0) is 0 Å². The molecule has 0 aliphatic heterocycles. The molecule has 2 N–H and O–H groups in total. The molecule has 2 aromatic heterocycles. The average Bonchev–Trinajstić information content (AvgIpc) is 2.96. The largest absolute Gasteiger partial charge is 0.345 e. The van der Waals surface area contributed by atoms with Gasteiger partial charge in [0.25, 0.3) is 0 Å². The molecule has 76 valence electrons. The molecule has 2 heterocycles. The standard InChI is InChI=1S/C11H7N5/c12-5-8-4-10(16-15-8)7-1-2-9-11(3-7)14-6-13-9/h1-4,6H,(H,13,14)(H,15,16). The molecule has 0 fully saturated rings. The van der Waals surface area contributed by atoms with Crippen molar-refractivity contribution in [2.75, 3.05) is 0 Å². The number of nitrogens with one attached hydrogen (secondary N) is 2. The van der Waals surface area contributed by atoms with Gasteiger partial charge in [0, 0.05) is 11.6 Å². The molecule has 0 spiro atoms. The van der Waals surface area contributed by atoms with Gasteiger partial charge in [0.1, 0.15) is 6.07 Å². The molecule has 0 saturated heterocycles. The van der Waals surface area contributed by atoms with E-state index in [9.17, 15) is 0 Å². The van der Waals surface area contributed by atoms with Crippen molar-refractivity contribution in [2.24, 2.45) is 0 Å². The molecule has 3 rings (SSSR count). The first-order chi connectivity index (χ1) is 7.86. The van der Waals surface area contributed by atoms with Crippen LogP contribution < -0.4 is 0 Å². The summed E-state index contributed by atoms with van der Waals surface area (Å²) in [5.41, 5.74) is 4.08. The molecule has 0 aliphatic carbocycles. The molecule has 0 bridgehead atoms. The fraction of sp³-hybridized carbons (Fsp3) is 0. The van der Waals surface area contributed by atoms with E-state index < -0.39 is 0 Å². The highest BCUT2D eigenvalue weighted by atomic mass is 15.1. The molecule has 0 amide bonds. The van der Waals surface area contributed by atoms with Crippen LogP contribution in [0, 0.1) is 11.3 Å². The third kappa shape index (κ3) is 1.25. The molecule has 0 aliphatic rings. The van der Waals surface area contributed by atoms with Crippen LogP contribution in [-0.4, -0.2) is 20.2 Å². The summed E-state index contributed by atoms with van der Waals surface area (Å²) in [6.45, 7) is 0. The van der Waals surface area contributed by atoms with Crippen LogP contribution in [0.15, 0.2) is 30.6 Å². The summed E-state index contributed by atoms with van der Waals surface area (Å²) in [5.74, 6) is 0. The first-order valence-electron chi connectivity index (χ1n) is 4.76. The van der Waals surface area contributed by atoms with E-state index in [2.05, 4.69) is 20.2 Å².